The van der Waals surface area contributed by atoms with E-state index in [1.54, 1.807) is 0 Å². The van der Waals surface area contributed by atoms with Crippen LogP contribution in [-0.2, 0) is 11.2 Å². The number of piperazine rings is 1. The molecule has 3 aromatic rings. The Morgan fingerprint density at radius 2 is 1.56 bits per heavy atom. The van der Waals surface area contributed by atoms with Crippen LogP contribution in [0.5, 0.6) is 11.5 Å². The number of rotatable bonds is 6. The van der Waals surface area contributed by atoms with Gasteiger partial charge in [-0.15, -0.1) is 11.3 Å². The van der Waals surface area contributed by atoms with Gasteiger partial charge in [0.2, 0.25) is 5.91 Å². The highest BCUT2D eigenvalue weighted by Crippen LogP contribution is 2.37. The van der Waals surface area contributed by atoms with Crippen LogP contribution < -0.4 is 9.47 Å². The monoisotopic (exact) mass is 476 g/mol. The lowest BCUT2D eigenvalue weighted by atomic mass is 10.1. The van der Waals surface area contributed by atoms with Gasteiger partial charge in [-0.1, -0.05) is 30.3 Å². The Hall–Kier alpha value is -3.32. The lowest BCUT2D eigenvalue weighted by Crippen LogP contribution is -2.50. The van der Waals surface area contributed by atoms with Crippen LogP contribution in [0, 0.1) is 0 Å². The molecule has 1 aromatic heterocycles. The Morgan fingerprint density at radius 3 is 2.35 bits per heavy atom. The molecule has 1 fully saturated rings. The molecule has 0 atom stereocenters. The largest absolute Gasteiger partial charge is 0.486 e. The van der Waals surface area contributed by atoms with Gasteiger partial charge in [-0.3, -0.25) is 9.59 Å². The molecule has 0 spiro atoms. The normalized spacial score (nSPS) is 15.3. The van der Waals surface area contributed by atoms with E-state index in [0.29, 0.717) is 50.7 Å². The average molecular weight is 477 g/mol. The van der Waals surface area contributed by atoms with Gasteiger partial charge in [-0.2, -0.15) is 0 Å². The van der Waals surface area contributed by atoms with E-state index in [0.717, 1.165) is 34.8 Å². The third-order valence-corrected chi connectivity index (χ3v) is 7.38. The summed E-state index contributed by atoms with van der Waals surface area (Å²) in [5.74, 6) is 1.72. The molecule has 2 aromatic carbocycles. The standard InChI is InChI=1S/C27H28N2O4S/c30-26(8-4-7-20-5-2-1-3-6-20)28-13-15-29(16-14-28)27(31)25-12-11-24(34-25)21-9-10-22-23(19-21)33-18-17-32-22/h1-3,5-6,9-12,19H,4,7-8,13-18H2. The number of carbonyl (C=O) groups excluding carboxylic acids is 2. The van der Waals surface area contributed by atoms with Gasteiger partial charge in [0, 0.05) is 37.5 Å². The Balaban J connectivity index is 1.13. The van der Waals surface area contributed by atoms with Gasteiger partial charge >= 0.3 is 0 Å². The molecule has 0 bridgehead atoms. The summed E-state index contributed by atoms with van der Waals surface area (Å²) in [4.78, 5) is 31.2. The molecule has 2 aliphatic heterocycles. The van der Waals surface area contributed by atoms with Crippen LogP contribution in [0.15, 0.2) is 60.7 Å². The van der Waals surface area contributed by atoms with Crippen molar-refractivity contribution < 1.29 is 19.1 Å². The maximum atomic E-state index is 13.1. The van der Waals surface area contributed by atoms with E-state index in [1.165, 1.54) is 16.9 Å². The van der Waals surface area contributed by atoms with Gasteiger partial charge in [0.15, 0.2) is 11.5 Å². The van der Waals surface area contributed by atoms with Crippen molar-refractivity contribution >= 4 is 23.2 Å². The minimum Gasteiger partial charge on any atom is -0.486 e. The van der Waals surface area contributed by atoms with Crippen molar-refractivity contribution in [1.29, 1.82) is 0 Å². The Kier molecular flexibility index (Phi) is 6.81. The number of carbonyl (C=O) groups is 2. The maximum Gasteiger partial charge on any atom is 0.264 e. The molecule has 0 N–H and O–H groups in total. The number of amides is 2. The molecule has 7 heteroatoms. The number of thiophene rings is 1. The van der Waals surface area contributed by atoms with E-state index in [-0.39, 0.29) is 11.8 Å². The summed E-state index contributed by atoms with van der Waals surface area (Å²) in [5.41, 5.74) is 2.27. The Bertz CT molecular complexity index is 1150. The second kappa shape index (κ2) is 10.3. The molecule has 0 aliphatic carbocycles. The van der Waals surface area contributed by atoms with Crippen LogP contribution in [0.1, 0.15) is 28.1 Å². The number of benzene rings is 2. The SMILES string of the molecule is O=C(CCCc1ccccc1)N1CCN(C(=O)c2ccc(-c3ccc4c(c3)OCCO4)s2)CC1. The second-order valence-electron chi connectivity index (χ2n) is 8.53. The predicted molar refractivity (Wildman–Crippen MR) is 133 cm³/mol. The van der Waals surface area contributed by atoms with Crippen LogP contribution >= 0.6 is 11.3 Å². The van der Waals surface area contributed by atoms with Crippen molar-refractivity contribution in [3.05, 3.63) is 71.1 Å². The molecular formula is C27H28N2O4S. The molecule has 5 rings (SSSR count). The zero-order valence-electron chi connectivity index (χ0n) is 19.1. The van der Waals surface area contributed by atoms with Gasteiger partial charge in [0.1, 0.15) is 13.2 Å². The number of fused-ring (bicyclic) bond motifs is 1. The van der Waals surface area contributed by atoms with E-state index in [2.05, 4.69) is 12.1 Å². The minimum atomic E-state index is 0.0324. The second-order valence-corrected chi connectivity index (χ2v) is 9.62. The minimum absolute atomic E-state index is 0.0324. The molecular weight excluding hydrogens is 448 g/mol. The molecule has 6 nitrogen and oxygen atoms in total. The van der Waals surface area contributed by atoms with Crippen molar-refractivity contribution in [2.75, 3.05) is 39.4 Å². The smallest absolute Gasteiger partial charge is 0.264 e. The first kappa shape index (κ1) is 22.5. The molecule has 0 radical (unpaired) electrons. The summed E-state index contributed by atoms with van der Waals surface area (Å²) in [6, 6.07) is 20.0. The van der Waals surface area contributed by atoms with Crippen LogP contribution in [-0.4, -0.2) is 61.0 Å². The first-order valence-electron chi connectivity index (χ1n) is 11.8. The maximum absolute atomic E-state index is 13.1. The van der Waals surface area contributed by atoms with Crippen LogP contribution in [0.2, 0.25) is 0 Å². The molecule has 0 saturated carbocycles. The molecule has 2 aliphatic rings. The highest BCUT2D eigenvalue weighted by atomic mass is 32.1. The van der Waals surface area contributed by atoms with E-state index >= 15 is 0 Å². The number of ether oxygens (including phenoxy) is 2. The summed E-state index contributed by atoms with van der Waals surface area (Å²) in [5, 5.41) is 0. The predicted octanol–water partition coefficient (Wildman–Crippen LogP) is 4.49. The summed E-state index contributed by atoms with van der Waals surface area (Å²) >= 11 is 1.49. The highest BCUT2D eigenvalue weighted by molar-refractivity contribution is 7.17. The van der Waals surface area contributed by atoms with Crippen molar-refractivity contribution in [2.45, 2.75) is 19.3 Å². The van der Waals surface area contributed by atoms with E-state index in [1.807, 2.05) is 58.3 Å². The van der Waals surface area contributed by atoms with Gasteiger partial charge in [0.25, 0.3) is 5.91 Å². The van der Waals surface area contributed by atoms with E-state index in [4.69, 9.17) is 9.47 Å². The zero-order valence-corrected chi connectivity index (χ0v) is 19.9. The number of aryl methyl sites for hydroxylation is 1. The molecule has 176 valence electrons. The van der Waals surface area contributed by atoms with E-state index in [9.17, 15) is 9.59 Å². The summed E-state index contributed by atoms with van der Waals surface area (Å²) in [6.45, 7) is 3.44. The quantitative estimate of drug-likeness (QED) is 0.526. The van der Waals surface area contributed by atoms with Crippen molar-refractivity contribution in [3.8, 4) is 21.9 Å². The highest BCUT2D eigenvalue weighted by Gasteiger charge is 2.25. The van der Waals surface area contributed by atoms with E-state index < -0.39 is 0 Å². The van der Waals surface area contributed by atoms with Crippen molar-refractivity contribution in [3.63, 3.8) is 0 Å². The van der Waals surface area contributed by atoms with Gasteiger partial charge in [-0.25, -0.2) is 0 Å². The van der Waals surface area contributed by atoms with Crippen LogP contribution in [0.25, 0.3) is 10.4 Å². The summed E-state index contributed by atoms with van der Waals surface area (Å²) in [7, 11) is 0. The average Bonchev–Trinajstić information content (AvgIpc) is 3.39. The van der Waals surface area contributed by atoms with Gasteiger partial charge in [-0.05, 0) is 54.3 Å². The lowest BCUT2D eigenvalue weighted by Gasteiger charge is -2.34. The fourth-order valence-electron chi connectivity index (χ4n) is 4.37. The third-order valence-electron chi connectivity index (χ3n) is 6.26. The van der Waals surface area contributed by atoms with Crippen molar-refractivity contribution in [2.24, 2.45) is 0 Å². The summed E-state index contributed by atoms with van der Waals surface area (Å²) < 4.78 is 11.3. The van der Waals surface area contributed by atoms with Crippen LogP contribution in [0.4, 0.5) is 0 Å². The van der Waals surface area contributed by atoms with Crippen molar-refractivity contribution in [1.82, 2.24) is 9.80 Å². The fourth-order valence-corrected chi connectivity index (χ4v) is 5.34. The fraction of sp³-hybridized carbons (Fsp3) is 0.333. The summed E-state index contributed by atoms with van der Waals surface area (Å²) in [6.07, 6.45) is 2.31. The first-order chi connectivity index (χ1) is 16.7. The molecule has 0 unspecified atom stereocenters. The Labute approximate surface area is 203 Å². The number of hydrogen-bond donors (Lipinski definition) is 0. The van der Waals surface area contributed by atoms with Gasteiger partial charge < -0.3 is 19.3 Å². The lowest BCUT2D eigenvalue weighted by molar-refractivity contribution is -0.132. The molecule has 3 heterocycles. The third kappa shape index (κ3) is 5.09. The number of hydrogen-bond acceptors (Lipinski definition) is 5. The Morgan fingerprint density at radius 1 is 0.824 bits per heavy atom. The van der Waals surface area contributed by atoms with Crippen LogP contribution in [0.3, 0.4) is 0 Å². The molecule has 34 heavy (non-hydrogen) atoms. The molecule has 2 amide bonds. The number of nitrogens with zero attached hydrogens (tertiary/aromatic N) is 2. The zero-order chi connectivity index (χ0) is 23.3. The topological polar surface area (TPSA) is 59.1 Å². The first-order valence-corrected chi connectivity index (χ1v) is 12.6. The van der Waals surface area contributed by atoms with Gasteiger partial charge in [0.05, 0.1) is 4.88 Å². The molecule has 1 saturated heterocycles.